The minimum Gasteiger partial charge on any atom is -0.0619 e. The molecule has 0 amide bonds. The van der Waals surface area contributed by atoms with Crippen molar-refractivity contribution in [2.24, 2.45) is 0 Å². The van der Waals surface area contributed by atoms with Gasteiger partial charge >= 0.3 is 0 Å². The van der Waals surface area contributed by atoms with Crippen LogP contribution in [0.4, 0.5) is 0 Å². The van der Waals surface area contributed by atoms with Crippen LogP contribution in [0.3, 0.4) is 0 Å². The third-order valence-electron chi connectivity index (χ3n) is 16.0. The Balaban J connectivity index is 0.933. The molecule has 0 unspecified atom stereocenters. The molecule has 0 fully saturated rings. The quantitative estimate of drug-likeness (QED) is 0.155. The van der Waals surface area contributed by atoms with E-state index >= 15 is 0 Å². The second-order valence-electron chi connectivity index (χ2n) is 20.4. The molecule has 68 heavy (non-hydrogen) atoms. The van der Waals surface area contributed by atoms with Gasteiger partial charge in [0, 0.05) is 10.8 Å². The van der Waals surface area contributed by atoms with Crippen LogP contribution in [-0.4, -0.2) is 0 Å². The van der Waals surface area contributed by atoms with Crippen molar-refractivity contribution in [3.63, 3.8) is 0 Å². The lowest BCUT2D eigenvalue weighted by Gasteiger charge is -2.22. The first-order valence-corrected chi connectivity index (χ1v) is 24.2. The first-order chi connectivity index (χ1) is 33.2. The summed E-state index contributed by atoms with van der Waals surface area (Å²) in [7, 11) is 0. The van der Waals surface area contributed by atoms with Gasteiger partial charge in [-0.1, -0.05) is 210 Å². The summed E-state index contributed by atoms with van der Waals surface area (Å²) >= 11 is 0. The van der Waals surface area contributed by atoms with Gasteiger partial charge < -0.3 is 0 Å². The van der Waals surface area contributed by atoms with E-state index in [-0.39, 0.29) is 10.8 Å². The molecule has 320 valence electrons. The van der Waals surface area contributed by atoms with Gasteiger partial charge in [-0.15, -0.1) is 0 Å². The summed E-state index contributed by atoms with van der Waals surface area (Å²) in [5, 5.41) is 12.9. The van der Waals surface area contributed by atoms with Gasteiger partial charge in [-0.25, -0.2) is 0 Å². The van der Waals surface area contributed by atoms with Crippen LogP contribution < -0.4 is 0 Å². The smallest absolute Gasteiger partial charge is 0.0159 e. The van der Waals surface area contributed by atoms with Gasteiger partial charge in [0.15, 0.2) is 0 Å². The summed E-state index contributed by atoms with van der Waals surface area (Å²) < 4.78 is 0. The first-order valence-electron chi connectivity index (χ1n) is 24.2. The molecule has 14 rings (SSSR count). The second kappa shape index (κ2) is 14.2. The van der Waals surface area contributed by atoms with E-state index < -0.39 is 0 Å². The van der Waals surface area contributed by atoms with Crippen LogP contribution in [-0.2, 0) is 10.8 Å². The highest BCUT2D eigenvalue weighted by Crippen LogP contribution is 2.52. The summed E-state index contributed by atoms with van der Waals surface area (Å²) in [6, 6.07) is 82.7. The maximum Gasteiger partial charge on any atom is 0.0159 e. The van der Waals surface area contributed by atoms with Crippen LogP contribution in [0.1, 0.15) is 49.9 Å². The molecule has 0 aromatic heterocycles. The number of rotatable bonds is 4. The highest BCUT2D eigenvalue weighted by Gasteiger charge is 2.36. The molecular weight excluding hydrogens is 817 g/mol. The van der Waals surface area contributed by atoms with Crippen LogP contribution >= 0.6 is 0 Å². The Kier molecular flexibility index (Phi) is 8.19. The molecule has 12 aromatic carbocycles. The monoisotopic (exact) mass is 864 g/mol. The molecular formula is C68H48. The Morgan fingerprint density at radius 2 is 0.559 bits per heavy atom. The minimum atomic E-state index is -0.0481. The predicted octanol–water partition coefficient (Wildman–Crippen LogP) is 18.7. The Morgan fingerprint density at radius 3 is 1.10 bits per heavy atom. The summed E-state index contributed by atoms with van der Waals surface area (Å²) in [5.41, 5.74) is 20.8. The van der Waals surface area contributed by atoms with Crippen LogP contribution in [0.5, 0.6) is 0 Å². The fourth-order valence-electron chi connectivity index (χ4n) is 12.6. The molecule has 0 aliphatic heterocycles. The van der Waals surface area contributed by atoms with Gasteiger partial charge in [0.25, 0.3) is 0 Å². The van der Waals surface area contributed by atoms with Crippen LogP contribution in [0, 0.1) is 0 Å². The van der Waals surface area contributed by atoms with Crippen molar-refractivity contribution in [2.45, 2.75) is 38.5 Å². The van der Waals surface area contributed by atoms with E-state index in [0.717, 1.165) is 0 Å². The molecule has 0 heterocycles. The Bertz CT molecular complexity index is 4140. The first kappa shape index (κ1) is 39.1. The largest absolute Gasteiger partial charge is 0.0619 e. The minimum absolute atomic E-state index is 0.0125. The van der Waals surface area contributed by atoms with Gasteiger partial charge in [0.1, 0.15) is 0 Å². The highest BCUT2D eigenvalue weighted by molar-refractivity contribution is 6.39. The van der Waals surface area contributed by atoms with E-state index in [2.05, 4.69) is 246 Å². The molecule has 0 saturated heterocycles. The van der Waals surface area contributed by atoms with E-state index in [1.54, 1.807) is 0 Å². The van der Waals surface area contributed by atoms with E-state index in [0.29, 0.717) is 0 Å². The van der Waals surface area contributed by atoms with Gasteiger partial charge in [-0.2, -0.15) is 0 Å². The standard InChI is InChI=1S/C68H48/c1-67(2)62-26-12-10-22-54(62)58-37-47(30-34-63(58)67)43-17-13-15-41(35-43)45-27-31-51-49-19-5-8-24-57(49)66-60-39-46(28-32-52(60)50-20-6-7-23-56(50)65(66)59(51)38-45)42-16-14-18-44(36-42)48-29-33-55-53-21-9-11-25-61(53)68(3,4)64(55)40-48/h5-40H,1-4H3. The molecule has 0 bridgehead atoms. The van der Waals surface area contributed by atoms with Gasteiger partial charge in [-0.05, 0) is 179 Å². The average molecular weight is 865 g/mol. The lowest BCUT2D eigenvalue weighted by molar-refractivity contribution is 0.660. The van der Waals surface area contributed by atoms with Crippen molar-refractivity contribution in [3.05, 3.63) is 241 Å². The van der Waals surface area contributed by atoms with E-state index in [9.17, 15) is 0 Å². The highest BCUT2D eigenvalue weighted by atomic mass is 14.4. The van der Waals surface area contributed by atoms with Gasteiger partial charge in [-0.3, -0.25) is 0 Å². The molecule has 0 atom stereocenters. The zero-order chi connectivity index (χ0) is 45.5. The van der Waals surface area contributed by atoms with Gasteiger partial charge in [0.05, 0.1) is 0 Å². The zero-order valence-corrected chi connectivity index (χ0v) is 38.8. The normalized spacial score (nSPS) is 14.1. The fourth-order valence-corrected chi connectivity index (χ4v) is 12.6. The second-order valence-corrected chi connectivity index (χ2v) is 20.4. The van der Waals surface area contributed by atoms with E-state index in [1.807, 2.05) is 0 Å². The van der Waals surface area contributed by atoms with E-state index in [4.69, 9.17) is 0 Å². The molecule has 0 nitrogen and oxygen atoms in total. The number of benzene rings is 12. The number of fused-ring (bicyclic) bond motifs is 17. The predicted molar refractivity (Wildman–Crippen MR) is 291 cm³/mol. The average Bonchev–Trinajstić information content (AvgIpc) is 3.77. The Hall–Kier alpha value is -8.06. The van der Waals surface area contributed by atoms with Crippen molar-refractivity contribution in [2.75, 3.05) is 0 Å². The lowest BCUT2D eigenvalue weighted by atomic mass is 9.81. The molecule has 0 saturated carbocycles. The molecule has 2 aliphatic rings. The third kappa shape index (κ3) is 5.55. The summed E-state index contributed by atoms with van der Waals surface area (Å²) in [6.07, 6.45) is 0. The molecule has 2 aliphatic carbocycles. The Morgan fingerprint density at radius 1 is 0.206 bits per heavy atom. The topological polar surface area (TPSA) is 0 Å². The van der Waals surface area contributed by atoms with Crippen LogP contribution in [0.2, 0.25) is 0 Å². The molecule has 12 aromatic rings. The van der Waals surface area contributed by atoms with Crippen LogP contribution in [0.15, 0.2) is 218 Å². The van der Waals surface area contributed by atoms with Crippen molar-refractivity contribution >= 4 is 53.9 Å². The summed E-state index contributed by atoms with van der Waals surface area (Å²) in [6.45, 7) is 9.43. The molecule has 0 radical (unpaired) electrons. The maximum absolute atomic E-state index is 2.47. The SMILES string of the molecule is CC1(C)c2ccccc2-c2cc(-c3cccc(-c4ccc5c6ccccc6c6c7cc(-c8cccc(-c9ccc%10c(c9)C(C)(C)c9ccccc9-%10)c8)ccc7c7ccccc7c6c5c4)c3)ccc21. The van der Waals surface area contributed by atoms with Gasteiger partial charge in [0.2, 0.25) is 0 Å². The van der Waals surface area contributed by atoms with Crippen molar-refractivity contribution < 1.29 is 0 Å². The lowest BCUT2D eigenvalue weighted by Crippen LogP contribution is -2.14. The fraction of sp³-hybridized carbons (Fsp3) is 0.0882. The number of hydrogen-bond donors (Lipinski definition) is 0. The molecule has 0 heteroatoms. The Labute approximate surface area is 397 Å². The molecule has 0 spiro atoms. The maximum atomic E-state index is 2.47. The zero-order valence-electron chi connectivity index (χ0n) is 38.8. The van der Waals surface area contributed by atoms with E-state index in [1.165, 1.54) is 143 Å². The third-order valence-corrected chi connectivity index (χ3v) is 16.0. The van der Waals surface area contributed by atoms with Crippen molar-refractivity contribution in [1.82, 2.24) is 0 Å². The van der Waals surface area contributed by atoms with Crippen LogP contribution in [0.25, 0.3) is 121 Å². The summed E-state index contributed by atoms with van der Waals surface area (Å²) in [5.74, 6) is 0. The van der Waals surface area contributed by atoms with Crippen molar-refractivity contribution in [1.29, 1.82) is 0 Å². The molecule has 0 N–H and O–H groups in total. The number of hydrogen-bond acceptors (Lipinski definition) is 0. The van der Waals surface area contributed by atoms with Crippen molar-refractivity contribution in [3.8, 4) is 66.8 Å². The summed E-state index contributed by atoms with van der Waals surface area (Å²) in [4.78, 5) is 0.